The van der Waals surface area contributed by atoms with Gasteiger partial charge in [-0.25, -0.2) is 4.99 Å². The first-order valence-electron chi connectivity index (χ1n) is 8.27. The zero-order valence-electron chi connectivity index (χ0n) is 14.7. The molecule has 0 spiro atoms. The van der Waals surface area contributed by atoms with Crippen LogP contribution in [-0.4, -0.2) is 15.4 Å². The topological polar surface area (TPSA) is 32.6 Å². The van der Waals surface area contributed by atoms with Crippen molar-refractivity contribution in [3.8, 4) is 11.1 Å². The van der Waals surface area contributed by atoms with Crippen molar-refractivity contribution in [1.29, 1.82) is 0 Å². The van der Waals surface area contributed by atoms with Gasteiger partial charge in [0, 0.05) is 5.56 Å². The minimum atomic E-state index is -4.90. The molecule has 2 aromatic rings. The molecule has 2 atom stereocenters. The quantitative estimate of drug-likeness (QED) is 0.475. The summed E-state index contributed by atoms with van der Waals surface area (Å²) in [7, 11) is 0. The number of alkyl halides is 6. The van der Waals surface area contributed by atoms with Crippen LogP contribution in [0.1, 0.15) is 29.2 Å². The number of halogens is 7. The number of hydrogen-bond donors (Lipinski definition) is 1. The molecule has 2 aromatic carbocycles. The molecule has 1 aliphatic carbocycles. The third-order valence-corrected chi connectivity index (χ3v) is 6.13. The Labute approximate surface area is 176 Å². The van der Waals surface area contributed by atoms with Gasteiger partial charge in [-0.2, -0.15) is 26.3 Å². The number of benzene rings is 2. The van der Waals surface area contributed by atoms with E-state index < -0.39 is 29.2 Å². The van der Waals surface area contributed by atoms with Crippen LogP contribution < -0.4 is 0 Å². The number of hydrogen-bond acceptors (Lipinski definition) is 3. The maximum absolute atomic E-state index is 13.1. The highest BCUT2D eigenvalue weighted by Gasteiger charge is 2.50. The zero-order valence-corrected chi connectivity index (χ0v) is 17.3. The number of fused-ring (bicyclic) bond motifs is 3. The van der Waals surface area contributed by atoms with E-state index in [0.717, 1.165) is 5.04 Å². The van der Waals surface area contributed by atoms with Gasteiger partial charge in [0.2, 0.25) is 0 Å². The lowest BCUT2D eigenvalue weighted by Crippen LogP contribution is -2.27. The molecule has 1 heterocycles. The molecule has 1 N–H and O–H groups in total. The molecule has 2 nitrogen and oxygen atoms in total. The molecule has 0 fully saturated rings. The Bertz CT molecular complexity index is 971. The molecule has 0 saturated heterocycles. The van der Waals surface area contributed by atoms with Crippen LogP contribution in [0.3, 0.4) is 0 Å². The van der Waals surface area contributed by atoms with Gasteiger partial charge in [-0.3, -0.25) is 0 Å². The summed E-state index contributed by atoms with van der Waals surface area (Å²) in [5.41, 5.74) is -2.86. The molecular formula is C19H14BrF6NOS. The predicted octanol–water partition coefficient (Wildman–Crippen LogP) is 6.20. The number of rotatable bonds is 1. The number of nitrogens with zero attached hydrogens (tertiary/aromatic N) is 1. The van der Waals surface area contributed by atoms with Gasteiger partial charge >= 0.3 is 12.4 Å². The summed E-state index contributed by atoms with van der Waals surface area (Å²) in [4.78, 5) is 4.26. The average molecular weight is 498 g/mol. The van der Waals surface area contributed by atoms with Crippen molar-refractivity contribution in [1.82, 2.24) is 0 Å². The van der Waals surface area contributed by atoms with Gasteiger partial charge in [-0.05, 0) is 48.2 Å². The second-order valence-electron chi connectivity index (χ2n) is 6.83. The summed E-state index contributed by atoms with van der Waals surface area (Å²) in [5.74, 6) is 0. The Balaban J connectivity index is 0.00000240. The number of aliphatic imine (C=N–C) groups is 1. The summed E-state index contributed by atoms with van der Waals surface area (Å²) in [5, 5.41) is 11.3. The molecule has 29 heavy (non-hydrogen) atoms. The average Bonchev–Trinajstić information content (AvgIpc) is 3.00. The first-order chi connectivity index (χ1) is 12.9. The summed E-state index contributed by atoms with van der Waals surface area (Å²) < 4.78 is 78.6. The third kappa shape index (κ3) is 3.82. The van der Waals surface area contributed by atoms with Crippen molar-refractivity contribution < 1.29 is 31.4 Å². The van der Waals surface area contributed by atoms with Crippen molar-refractivity contribution >= 4 is 33.8 Å². The lowest BCUT2D eigenvalue weighted by atomic mass is 9.95. The number of thioether (sulfide) groups is 1. The van der Waals surface area contributed by atoms with Crippen molar-refractivity contribution in [2.75, 3.05) is 0 Å². The molecule has 4 rings (SSSR count). The highest BCUT2D eigenvalue weighted by molar-refractivity contribution is 8.93. The van der Waals surface area contributed by atoms with E-state index in [0.29, 0.717) is 29.7 Å². The highest BCUT2D eigenvalue weighted by atomic mass is 79.9. The van der Waals surface area contributed by atoms with Gasteiger partial charge in [0.1, 0.15) is 0 Å². The Hall–Kier alpha value is -1.52. The van der Waals surface area contributed by atoms with E-state index in [-0.39, 0.29) is 39.4 Å². The normalized spacial score (nSPS) is 23.3. The highest BCUT2D eigenvalue weighted by Crippen LogP contribution is 2.50. The fourth-order valence-electron chi connectivity index (χ4n) is 3.67. The molecule has 10 heteroatoms. The molecule has 0 bridgehead atoms. The maximum Gasteiger partial charge on any atom is 0.416 e. The largest absolute Gasteiger partial charge is 0.416 e. The molecule has 0 saturated carbocycles. The molecule has 0 amide bonds. The standard InChI is InChI=1S/C19H13F6NOS.BrH/c1-9-26-17(27)15-3-2-10(4-12(15)7-16(17)28-9)11-5-13(18(20,21)22)8-14(6-11)19(23,24)25;/h2-6,8,16,27H,7H2,1H3;1H. The van der Waals surface area contributed by atoms with E-state index >= 15 is 0 Å². The molecule has 2 aliphatic rings. The second-order valence-corrected chi connectivity index (χ2v) is 8.23. The Kier molecular flexibility index (Phi) is 5.37. The van der Waals surface area contributed by atoms with E-state index in [1.165, 1.54) is 30.0 Å². The van der Waals surface area contributed by atoms with Crippen LogP contribution in [0.25, 0.3) is 11.1 Å². The van der Waals surface area contributed by atoms with E-state index in [1.54, 1.807) is 6.92 Å². The minimum Gasteiger partial charge on any atom is -0.365 e. The van der Waals surface area contributed by atoms with E-state index in [2.05, 4.69) is 4.99 Å². The van der Waals surface area contributed by atoms with Crippen LogP contribution in [0.2, 0.25) is 0 Å². The fourth-order valence-corrected chi connectivity index (χ4v) is 4.88. The van der Waals surface area contributed by atoms with Crippen molar-refractivity contribution in [2.24, 2.45) is 4.99 Å². The molecule has 0 radical (unpaired) electrons. The van der Waals surface area contributed by atoms with Gasteiger partial charge in [-0.1, -0.05) is 18.2 Å². The first kappa shape index (κ1) is 22.2. The summed E-state index contributed by atoms with van der Waals surface area (Å²) in [6, 6.07) is 6.01. The molecule has 156 valence electrons. The van der Waals surface area contributed by atoms with E-state index in [4.69, 9.17) is 0 Å². The van der Waals surface area contributed by atoms with Crippen LogP contribution in [-0.2, 0) is 24.5 Å². The van der Waals surface area contributed by atoms with Crippen LogP contribution in [0, 0.1) is 0 Å². The first-order valence-corrected chi connectivity index (χ1v) is 9.14. The monoisotopic (exact) mass is 497 g/mol. The van der Waals surface area contributed by atoms with Crippen molar-refractivity contribution in [3.63, 3.8) is 0 Å². The van der Waals surface area contributed by atoms with Gasteiger partial charge in [-0.15, -0.1) is 28.7 Å². The Morgan fingerprint density at radius 2 is 1.55 bits per heavy atom. The molecule has 0 aromatic heterocycles. The summed E-state index contributed by atoms with van der Waals surface area (Å²) >= 11 is 1.41. The lowest BCUT2D eigenvalue weighted by molar-refractivity contribution is -0.143. The van der Waals surface area contributed by atoms with Crippen LogP contribution >= 0.6 is 28.7 Å². The summed E-state index contributed by atoms with van der Waals surface area (Å²) in [6.07, 6.45) is -9.38. The van der Waals surface area contributed by atoms with Crippen LogP contribution in [0.4, 0.5) is 26.3 Å². The fraction of sp³-hybridized carbons (Fsp3) is 0.316. The zero-order chi connectivity index (χ0) is 20.5. The van der Waals surface area contributed by atoms with Crippen LogP contribution in [0.15, 0.2) is 41.4 Å². The number of aliphatic hydroxyl groups is 1. The van der Waals surface area contributed by atoms with Gasteiger partial charge in [0.05, 0.1) is 21.4 Å². The lowest BCUT2D eigenvalue weighted by Gasteiger charge is -2.20. The van der Waals surface area contributed by atoms with Crippen molar-refractivity contribution in [3.05, 3.63) is 58.7 Å². The van der Waals surface area contributed by atoms with Gasteiger partial charge in [0.25, 0.3) is 0 Å². The third-order valence-electron chi connectivity index (χ3n) is 4.92. The Morgan fingerprint density at radius 1 is 0.966 bits per heavy atom. The maximum atomic E-state index is 13.1. The molecule has 2 unspecified atom stereocenters. The smallest absolute Gasteiger partial charge is 0.365 e. The van der Waals surface area contributed by atoms with Gasteiger partial charge in [0.15, 0.2) is 5.72 Å². The molecular weight excluding hydrogens is 484 g/mol. The minimum absolute atomic E-state index is 0. The van der Waals surface area contributed by atoms with E-state index in [1.807, 2.05) is 0 Å². The van der Waals surface area contributed by atoms with Gasteiger partial charge < -0.3 is 5.11 Å². The predicted molar refractivity (Wildman–Crippen MR) is 104 cm³/mol. The summed E-state index contributed by atoms with van der Waals surface area (Å²) in [6.45, 7) is 1.77. The second kappa shape index (κ2) is 7.02. The SMILES string of the molecule is Br.CC1=NC2(O)c3ccc(-c4cc(C(F)(F)F)cc(C(F)(F)F)c4)cc3CC2S1. The van der Waals surface area contributed by atoms with Crippen molar-refractivity contribution in [2.45, 2.75) is 36.7 Å². The van der Waals surface area contributed by atoms with E-state index in [9.17, 15) is 31.4 Å². The van der Waals surface area contributed by atoms with Crippen LogP contribution in [0.5, 0.6) is 0 Å². The molecule has 1 aliphatic heterocycles. The Morgan fingerprint density at radius 3 is 2.10 bits per heavy atom.